The summed E-state index contributed by atoms with van der Waals surface area (Å²) < 4.78 is 0. The standard InChI is InChI=1S/C44H37N/c1-28-24-33(20-23-34(28)32-19-22-38-36-11-7-9-13-40(36)44(4,5)42(38)26-32)45-27-29-14-16-30(17-15-29)31-18-21-37-35-10-6-8-12-39(35)43(2,3)41(37)25-31/h6-27H,1-5H3. The van der Waals surface area contributed by atoms with Crippen molar-refractivity contribution < 1.29 is 0 Å². The van der Waals surface area contributed by atoms with Crippen LogP contribution in [0.2, 0.25) is 0 Å². The van der Waals surface area contributed by atoms with Crippen molar-refractivity contribution in [1.29, 1.82) is 0 Å². The van der Waals surface area contributed by atoms with Crippen LogP contribution in [0.3, 0.4) is 0 Å². The van der Waals surface area contributed by atoms with Gasteiger partial charge in [-0.3, -0.25) is 4.99 Å². The van der Waals surface area contributed by atoms with Crippen molar-refractivity contribution in [3.8, 4) is 44.5 Å². The molecule has 0 bridgehead atoms. The third kappa shape index (κ3) is 4.33. The van der Waals surface area contributed by atoms with E-state index in [0.717, 1.165) is 11.3 Å². The van der Waals surface area contributed by atoms with Gasteiger partial charge in [0.1, 0.15) is 0 Å². The van der Waals surface area contributed by atoms with Gasteiger partial charge in [-0.15, -0.1) is 0 Å². The van der Waals surface area contributed by atoms with E-state index in [0.29, 0.717) is 0 Å². The number of hydrogen-bond donors (Lipinski definition) is 0. The smallest absolute Gasteiger partial charge is 0.0632 e. The highest BCUT2D eigenvalue weighted by molar-refractivity contribution is 5.87. The topological polar surface area (TPSA) is 12.4 Å². The molecule has 6 aromatic rings. The lowest BCUT2D eigenvalue weighted by Gasteiger charge is -2.22. The highest BCUT2D eigenvalue weighted by atomic mass is 14.7. The molecule has 0 unspecified atom stereocenters. The summed E-state index contributed by atoms with van der Waals surface area (Å²) in [7, 11) is 0. The Morgan fingerprint density at radius 3 is 1.53 bits per heavy atom. The van der Waals surface area contributed by atoms with Crippen LogP contribution in [0.1, 0.15) is 61.1 Å². The van der Waals surface area contributed by atoms with Crippen LogP contribution in [-0.2, 0) is 10.8 Å². The molecular formula is C44H37N. The summed E-state index contributed by atoms with van der Waals surface area (Å²) in [5.74, 6) is 0. The van der Waals surface area contributed by atoms with Gasteiger partial charge in [0.25, 0.3) is 0 Å². The van der Waals surface area contributed by atoms with Gasteiger partial charge in [-0.05, 0) is 109 Å². The second-order valence-corrected chi connectivity index (χ2v) is 13.7. The maximum atomic E-state index is 4.85. The van der Waals surface area contributed by atoms with Crippen LogP contribution in [0.25, 0.3) is 44.5 Å². The normalized spacial score (nSPS) is 15.0. The molecule has 0 aliphatic heterocycles. The molecule has 1 nitrogen and oxygen atoms in total. The summed E-state index contributed by atoms with van der Waals surface area (Å²) >= 11 is 0. The molecule has 0 spiro atoms. The number of aliphatic imine (C=N–C) groups is 1. The van der Waals surface area contributed by atoms with E-state index in [1.807, 2.05) is 6.21 Å². The van der Waals surface area contributed by atoms with E-state index in [1.165, 1.54) is 72.3 Å². The molecule has 1 heteroatoms. The summed E-state index contributed by atoms with van der Waals surface area (Å²) in [6.45, 7) is 11.5. The van der Waals surface area contributed by atoms with Gasteiger partial charge in [0.2, 0.25) is 0 Å². The molecule has 45 heavy (non-hydrogen) atoms. The van der Waals surface area contributed by atoms with E-state index in [1.54, 1.807) is 0 Å². The quantitative estimate of drug-likeness (QED) is 0.184. The molecule has 0 aromatic heterocycles. The van der Waals surface area contributed by atoms with Gasteiger partial charge in [0.15, 0.2) is 0 Å². The fourth-order valence-electron chi connectivity index (χ4n) is 7.72. The molecule has 0 heterocycles. The number of nitrogens with zero attached hydrogens (tertiary/aromatic N) is 1. The van der Waals surface area contributed by atoms with E-state index < -0.39 is 0 Å². The Morgan fingerprint density at radius 2 is 0.933 bits per heavy atom. The van der Waals surface area contributed by atoms with Crippen LogP contribution in [0.4, 0.5) is 5.69 Å². The number of aryl methyl sites for hydroxylation is 1. The number of rotatable bonds is 4. The first-order valence-corrected chi connectivity index (χ1v) is 16.0. The molecule has 0 N–H and O–H groups in total. The number of benzene rings is 6. The second kappa shape index (κ2) is 10.0. The predicted octanol–water partition coefficient (Wildman–Crippen LogP) is 11.7. The predicted molar refractivity (Wildman–Crippen MR) is 191 cm³/mol. The molecule has 218 valence electrons. The van der Waals surface area contributed by atoms with Crippen molar-refractivity contribution in [3.63, 3.8) is 0 Å². The Morgan fingerprint density at radius 1 is 0.444 bits per heavy atom. The summed E-state index contributed by atoms with van der Waals surface area (Å²) in [4.78, 5) is 4.85. The minimum atomic E-state index is -0.00138. The Bertz CT molecular complexity index is 2160. The van der Waals surface area contributed by atoms with Gasteiger partial charge < -0.3 is 0 Å². The Hall–Kier alpha value is -5.01. The molecule has 0 saturated heterocycles. The lowest BCUT2D eigenvalue weighted by Crippen LogP contribution is -2.14. The Balaban J connectivity index is 1.02. The maximum absolute atomic E-state index is 4.85. The lowest BCUT2D eigenvalue weighted by atomic mass is 9.81. The first kappa shape index (κ1) is 27.5. The zero-order valence-corrected chi connectivity index (χ0v) is 26.6. The minimum Gasteiger partial charge on any atom is -0.256 e. The molecule has 0 amide bonds. The summed E-state index contributed by atoms with van der Waals surface area (Å²) in [6, 6.07) is 46.8. The minimum absolute atomic E-state index is 0.00138. The van der Waals surface area contributed by atoms with Crippen molar-refractivity contribution in [2.45, 2.75) is 45.4 Å². The first-order chi connectivity index (χ1) is 21.7. The SMILES string of the molecule is Cc1cc(N=Cc2ccc(-c3ccc4c(c3)C(C)(C)c3ccccc3-4)cc2)ccc1-c1ccc2c(c1)C(C)(C)c1ccccc1-2. The van der Waals surface area contributed by atoms with Crippen molar-refractivity contribution in [2.24, 2.45) is 4.99 Å². The second-order valence-electron chi connectivity index (χ2n) is 13.7. The van der Waals surface area contributed by atoms with Crippen LogP contribution in [0, 0.1) is 6.92 Å². The van der Waals surface area contributed by atoms with Gasteiger partial charge in [0, 0.05) is 17.0 Å². The van der Waals surface area contributed by atoms with Crippen LogP contribution >= 0.6 is 0 Å². The van der Waals surface area contributed by atoms with Crippen LogP contribution in [0.5, 0.6) is 0 Å². The van der Waals surface area contributed by atoms with E-state index >= 15 is 0 Å². The highest BCUT2D eigenvalue weighted by Gasteiger charge is 2.36. The van der Waals surface area contributed by atoms with E-state index in [4.69, 9.17) is 4.99 Å². The number of hydrogen-bond acceptors (Lipinski definition) is 1. The molecule has 0 atom stereocenters. The summed E-state index contributed by atoms with van der Waals surface area (Å²) in [6.07, 6.45) is 1.97. The van der Waals surface area contributed by atoms with Crippen molar-refractivity contribution in [2.75, 3.05) is 0 Å². The molecule has 2 aliphatic carbocycles. The zero-order chi connectivity index (χ0) is 30.9. The van der Waals surface area contributed by atoms with Crippen LogP contribution in [0.15, 0.2) is 132 Å². The molecular weight excluding hydrogens is 542 g/mol. The molecule has 0 radical (unpaired) electrons. The van der Waals surface area contributed by atoms with Gasteiger partial charge >= 0.3 is 0 Å². The first-order valence-electron chi connectivity index (χ1n) is 16.0. The monoisotopic (exact) mass is 579 g/mol. The zero-order valence-electron chi connectivity index (χ0n) is 26.6. The van der Waals surface area contributed by atoms with Gasteiger partial charge in [-0.2, -0.15) is 0 Å². The van der Waals surface area contributed by atoms with Crippen LogP contribution in [-0.4, -0.2) is 6.21 Å². The molecule has 8 rings (SSSR count). The summed E-state index contributed by atoms with van der Waals surface area (Å²) in [5.41, 5.74) is 19.4. The third-order valence-corrected chi connectivity index (χ3v) is 10.3. The third-order valence-electron chi connectivity index (χ3n) is 10.3. The lowest BCUT2D eigenvalue weighted by molar-refractivity contribution is 0.660. The Kier molecular flexibility index (Phi) is 6.12. The number of fused-ring (bicyclic) bond motifs is 6. The molecule has 2 aliphatic rings. The average Bonchev–Trinajstić information content (AvgIpc) is 3.43. The summed E-state index contributed by atoms with van der Waals surface area (Å²) in [5, 5.41) is 0. The molecule has 0 saturated carbocycles. The largest absolute Gasteiger partial charge is 0.256 e. The molecule has 6 aromatic carbocycles. The Labute approximate surface area is 267 Å². The van der Waals surface area contributed by atoms with Gasteiger partial charge in [0.05, 0.1) is 5.69 Å². The van der Waals surface area contributed by atoms with Crippen molar-refractivity contribution in [3.05, 3.63) is 161 Å². The fraction of sp³-hybridized carbons (Fsp3) is 0.159. The average molecular weight is 580 g/mol. The van der Waals surface area contributed by atoms with E-state index in [-0.39, 0.29) is 10.8 Å². The fourth-order valence-corrected chi connectivity index (χ4v) is 7.72. The van der Waals surface area contributed by atoms with E-state index in [9.17, 15) is 0 Å². The molecule has 0 fully saturated rings. The van der Waals surface area contributed by atoms with Gasteiger partial charge in [-0.1, -0.05) is 131 Å². The van der Waals surface area contributed by atoms with Crippen LogP contribution < -0.4 is 0 Å². The van der Waals surface area contributed by atoms with Gasteiger partial charge in [-0.25, -0.2) is 0 Å². The van der Waals surface area contributed by atoms with Crippen molar-refractivity contribution in [1.82, 2.24) is 0 Å². The highest BCUT2D eigenvalue weighted by Crippen LogP contribution is 2.50. The van der Waals surface area contributed by atoms with Crippen molar-refractivity contribution >= 4 is 11.9 Å². The maximum Gasteiger partial charge on any atom is 0.0632 e. The van der Waals surface area contributed by atoms with E-state index in [2.05, 4.69) is 162 Å².